The molecule has 0 unspecified atom stereocenters. The third-order valence-corrected chi connectivity index (χ3v) is 4.56. The first-order valence-corrected chi connectivity index (χ1v) is 9.89. The number of unbranched alkanes of at least 4 members (excludes halogenated alkanes) is 1. The van der Waals surface area contributed by atoms with E-state index >= 15 is 0 Å². The van der Waals surface area contributed by atoms with Crippen molar-refractivity contribution in [1.29, 1.82) is 0 Å². The van der Waals surface area contributed by atoms with E-state index in [4.69, 9.17) is 32.7 Å². The molecule has 0 atom stereocenters. The van der Waals surface area contributed by atoms with Gasteiger partial charge in [0.25, 0.3) is 0 Å². The lowest BCUT2D eigenvalue weighted by Gasteiger charge is -2.13. The molecule has 0 radical (unpaired) electrons. The Morgan fingerprint density at radius 2 is 1.77 bits per heavy atom. The van der Waals surface area contributed by atoms with Crippen molar-refractivity contribution in [2.45, 2.75) is 39.3 Å². The molecule has 5 heteroatoms. The van der Waals surface area contributed by atoms with Crippen molar-refractivity contribution in [2.24, 2.45) is 0 Å². The van der Waals surface area contributed by atoms with Gasteiger partial charge in [0.15, 0.2) is 0 Å². The van der Waals surface area contributed by atoms with Gasteiger partial charge in [-0.15, -0.1) is 0 Å². The molecule has 0 spiro atoms. The Labute approximate surface area is 166 Å². The van der Waals surface area contributed by atoms with Gasteiger partial charge in [0, 0.05) is 40.9 Å². The van der Waals surface area contributed by atoms with Crippen LogP contribution in [0.5, 0.6) is 5.75 Å². The Bertz CT molecular complexity index is 664. The maximum Gasteiger partial charge on any atom is 0.124 e. The van der Waals surface area contributed by atoms with Crippen LogP contribution < -0.4 is 10.1 Å². The molecule has 0 aliphatic rings. The van der Waals surface area contributed by atoms with E-state index in [2.05, 4.69) is 18.3 Å². The molecule has 0 bridgehead atoms. The van der Waals surface area contributed by atoms with Gasteiger partial charge in [-0.05, 0) is 37.6 Å². The van der Waals surface area contributed by atoms with Gasteiger partial charge in [0.1, 0.15) is 12.4 Å². The minimum Gasteiger partial charge on any atom is -0.489 e. The van der Waals surface area contributed by atoms with E-state index in [0.29, 0.717) is 16.7 Å². The van der Waals surface area contributed by atoms with Crippen LogP contribution in [0.3, 0.4) is 0 Å². The average Bonchev–Trinajstić information content (AvgIpc) is 2.64. The summed E-state index contributed by atoms with van der Waals surface area (Å²) in [6, 6.07) is 13.5. The summed E-state index contributed by atoms with van der Waals surface area (Å²) in [6.45, 7) is 5.94. The van der Waals surface area contributed by atoms with Gasteiger partial charge in [-0.25, -0.2) is 0 Å². The van der Waals surface area contributed by atoms with Crippen molar-refractivity contribution >= 4 is 23.2 Å². The molecule has 142 valence electrons. The van der Waals surface area contributed by atoms with Gasteiger partial charge < -0.3 is 14.8 Å². The van der Waals surface area contributed by atoms with Gasteiger partial charge in [-0.2, -0.15) is 0 Å². The Morgan fingerprint density at radius 1 is 0.962 bits per heavy atom. The molecule has 0 aliphatic carbocycles. The summed E-state index contributed by atoms with van der Waals surface area (Å²) >= 11 is 12.1. The zero-order chi connectivity index (χ0) is 18.6. The molecular weight excluding hydrogens is 369 g/mol. The van der Waals surface area contributed by atoms with Gasteiger partial charge >= 0.3 is 0 Å². The second kappa shape index (κ2) is 12.2. The normalized spacial score (nSPS) is 10.9. The zero-order valence-electron chi connectivity index (χ0n) is 15.3. The largest absolute Gasteiger partial charge is 0.489 e. The molecule has 0 aromatic heterocycles. The number of nitrogens with one attached hydrogen (secondary N) is 1. The van der Waals surface area contributed by atoms with Crippen molar-refractivity contribution < 1.29 is 9.47 Å². The van der Waals surface area contributed by atoms with Crippen molar-refractivity contribution in [3.05, 3.63) is 63.6 Å². The van der Waals surface area contributed by atoms with Crippen molar-refractivity contribution in [1.82, 2.24) is 5.32 Å². The lowest BCUT2D eigenvalue weighted by Crippen LogP contribution is -2.17. The fraction of sp³-hybridized carbons (Fsp3) is 0.429. The minimum atomic E-state index is 0.415. The van der Waals surface area contributed by atoms with Crippen LogP contribution in [0.25, 0.3) is 0 Å². The van der Waals surface area contributed by atoms with Crippen LogP contribution in [0.1, 0.15) is 37.3 Å². The summed E-state index contributed by atoms with van der Waals surface area (Å²) in [5, 5.41) is 4.69. The Balaban J connectivity index is 1.76. The average molecular weight is 396 g/mol. The number of hydrogen-bond acceptors (Lipinski definition) is 3. The highest BCUT2D eigenvalue weighted by molar-refractivity contribution is 6.35. The highest BCUT2D eigenvalue weighted by Gasteiger charge is 2.06. The maximum absolute atomic E-state index is 6.21. The molecule has 2 rings (SSSR count). The smallest absolute Gasteiger partial charge is 0.124 e. The first kappa shape index (κ1) is 21.0. The van der Waals surface area contributed by atoms with Crippen molar-refractivity contribution in [3.8, 4) is 5.75 Å². The quantitative estimate of drug-likeness (QED) is 0.455. The van der Waals surface area contributed by atoms with Crippen LogP contribution >= 0.6 is 23.2 Å². The molecule has 0 saturated heterocycles. The molecule has 3 nitrogen and oxygen atoms in total. The lowest BCUT2D eigenvalue weighted by atomic mass is 10.2. The van der Waals surface area contributed by atoms with Crippen molar-refractivity contribution in [2.75, 3.05) is 19.8 Å². The number of rotatable bonds is 12. The molecule has 26 heavy (non-hydrogen) atoms. The van der Waals surface area contributed by atoms with E-state index < -0.39 is 0 Å². The number of hydrogen-bond donors (Lipinski definition) is 1. The van der Waals surface area contributed by atoms with E-state index in [1.165, 1.54) is 6.42 Å². The Kier molecular flexibility index (Phi) is 9.86. The highest BCUT2D eigenvalue weighted by atomic mass is 35.5. The number of para-hydroxylation sites is 1. The molecule has 0 fully saturated rings. The molecule has 2 aromatic rings. The van der Waals surface area contributed by atoms with E-state index in [9.17, 15) is 0 Å². The second-order valence-corrected chi connectivity index (χ2v) is 6.97. The molecule has 0 aliphatic heterocycles. The van der Waals surface area contributed by atoms with Crippen molar-refractivity contribution in [3.63, 3.8) is 0 Å². The minimum absolute atomic E-state index is 0.415. The van der Waals surface area contributed by atoms with E-state index in [1.54, 1.807) is 6.07 Å². The third kappa shape index (κ3) is 7.55. The fourth-order valence-electron chi connectivity index (χ4n) is 2.46. The third-order valence-electron chi connectivity index (χ3n) is 3.97. The topological polar surface area (TPSA) is 30.5 Å². The van der Waals surface area contributed by atoms with Crippen LogP contribution in [0.4, 0.5) is 0 Å². The second-order valence-electron chi connectivity index (χ2n) is 6.13. The van der Waals surface area contributed by atoms with Crippen LogP contribution in [-0.4, -0.2) is 19.8 Å². The summed E-state index contributed by atoms with van der Waals surface area (Å²) in [6.07, 6.45) is 3.32. The molecule has 0 amide bonds. The Morgan fingerprint density at radius 3 is 2.58 bits per heavy atom. The predicted octanol–water partition coefficient (Wildman–Crippen LogP) is 5.87. The summed E-state index contributed by atoms with van der Waals surface area (Å²) < 4.78 is 11.5. The monoisotopic (exact) mass is 395 g/mol. The number of halogens is 2. The summed E-state index contributed by atoms with van der Waals surface area (Å²) in [5.41, 5.74) is 2.05. The van der Waals surface area contributed by atoms with E-state index in [1.807, 2.05) is 30.3 Å². The van der Waals surface area contributed by atoms with Gasteiger partial charge in [0.05, 0.1) is 0 Å². The number of ether oxygens (including phenoxy) is 2. The molecular formula is C21H27Cl2NO2. The summed E-state index contributed by atoms with van der Waals surface area (Å²) in [7, 11) is 0. The Hall–Kier alpha value is -1.26. The summed E-state index contributed by atoms with van der Waals surface area (Å²) in [4.78, 5) is 0. The van der Waals surface area contributed by atoms with E-state index in [-0.39, 0.29) is 0 Å². The van der Waals surface area contributed by atoms with Gasteiger partial charge in [0.2, 0.25) is 0 Å². The highest BCUT2D eigenvalue weighted by Crippen LogP contribution is 2.24. The molecule has 2 aromatic carbocycles. The molecule has 1 N–H and O–H groups in total. The first-order valence-electron chi connectivity index (χ1n) is 9.13. The van der Waals surface area contributed by atoms with Gasteiger partial charge in [-0.3, -0.25) is 0 Å². The standard InChI is InChI=1S/C21H27Cl2NO2/c1-2-3-12-25-13-6-11-24-15-17-7-4-5-8-21(17)26-16-18-9-10-19(22)14-20(18)23/h4-5,7-10,14,24H,2-3,6,11-13,15-16H2,1H3. The van der Waals surface area contributed by atoms with Gasteiger partial charge in [-0.1, -0.05) is 60.8 Å². The van der Waals surface area contributed by atoms with Crippen LogP contribution in [-0.2, 0) is 17.9 Å². The van der Waals surface area contributed by atoms with Crippen LogP contribution in [0, 0.1) is 0 Å². The molecule has 0 saturated carbocycles. The molecule has 0 heterocycles. The lowest BCUT2D eigenvalue weighted by molar-refractivity contribution is 0.128. The summed E-state index contributed by atoms with van der Waals surface area (Å²) in [5.74, 6) is 0.866. The maximum atomic E-state index is 6.21. The predicted molar refractivity (Wildman–Crippen MR) is 109 cm³/mol. The van der Waals surface area contributed by atoms with Crippen LogP contribution in [0.2, 0.25) is 10.0 Å². The zero-order valence-corrected chi connectivity index (χ0v) is 16.8. The van der Waals surface area contributed by atoms with Crippen LogP contribution in [0.15, 0.2) is 42.5 Å². The SMILES string of the molecule is CCCCOCCCNCc1ccccc1OCc1ccc(Cl)cc1Cl. The first-order chi connectivity index (χ1) is 12.7. The number of benzene rings is 2. The fourth-order valence-corrected chi connectivity index (χ4v) is 2.92. The van der Waals surface area contributed by atoms with E-state index in [0.717, 1.165) is 56.0 Å².